The molecule has 0 aliphatic heterocycles. The van der Waals surface area contributed by atoms with Crippen LogP contribution in [0.3, 0.4) is 0 Å². The van der Waals surface area contributed by atoms with E-state index in [1.54, 1.807) is 7.11 Å². The van der Waals surface area contributed by atoms with Gasteiger partial charge in [0.25, 0.3) is 0 Å². The first-order valence-corrected chi connectivity index (χ1v) is 10.5. The van der Waals surface area contributed by atoms with Crippen LogP contribution in [0.25, 0.3) is 0 Å². The summed E-state index contributed by atoms with van der Waals surface area (Å²) in [5.74, 6) is -0.0934. The van der Waals surface area contributed by atoms with Crippen LogP contribution in [0.15, 0.2) is 58.9 Å². The second kappa shape index (κ2) is 10.2. The zero-order chi connectivity index (χ0) is 19.8. The summed E-state index contributed by atoms with van der Waals surface area (Å²) in [6.45, 7) is 3.27. The molecule has 6 nitrogen and oxygen atoms in total. The fraction of sp³-hybridized carbons (Fsp3) is 0.250. The molecule has 2 aromatic carbocycles. The van der Waals surface area contributed by atoms with Gasteiger partial charge >= 0.3 is 0 Å². The smallest absolute Gasteiger partial charge is 0.242 e. The van der Waals surface area contributed by atoms with E-state index in [4.69, 9.17) is 4.74 Å². The van der Waals surface area contributed by atoms with Gasteiger partial charge in [-0.25, -0.2) is 0 Å². The number of carbonyl (C=O) groups is 1. The molecule has 1 amide bonds. The summed E-state index contributed by atoms with van der Waals surface area (Å²) >= 11 is 2.82. The molecule has 0 unspecified atom stereocenters. The number of carbonyl (C=O) groups excluding carboxylic acids is 1. The van der Waals surface area contributed by atoms with E-state index >= 15 is 0 Å². The molecule has 0 aliphatic carbocycles. The predicted molar refractivity (Wildman–Crippen MR) is 115 cm³/mol. The second-order valence-electron chi connectivity index (χ2n) is 6.06. The Hall–Kier alpha value is -2.42. The topological polar surface area (TPSA) is 76.1 Å². The number of hydrogen-bond donors (Lipinski definition) is 2. The molecule has 146 valence electrons. The Bertz CT molecular complexity index is 885. The molecule has 0 bridgehead atoms. The largest absolute Gasteiger partial charge is 0.383 e. The van der Waals surface area contributed by atoms with Crippen LogP contribution >= 0.6 is 23.1 Å². The number of ether oxygens (including phenoxy) is 1. The quantitative estimate of drug-likeness (QED) is 0.400. The molecule has 0 saturated carbocycles. The highest BCUT2D eigenvalue weighted by Crippen LogP contribution is 2.38. The molecule has 1 atom stereocenters. The Morgan fingerprint density at radius 1 is 1.14 bits per heavy atom. The van der Waals surface area contributed by atoms with E-state index in [1.807, 2.05) is 61.5 Å². The van der Waals surface area contributed by atoms with Crippen LogP contribution in [-0.2, 0) is 9.53 Å². The first-order chi connectivity index (χ1) is 13.7. The van der Waals surface area contributed by atoms with Crippen LogP contribution in [-0.4, -0.2) is 36.4 Å². The van der Waals surface area contributed by atoms with Gasteiger partial charge in [0.2, 0.25) is 11.0 Å². The summed E-state index contributed by atoms with van der Waals surface area (Å²) in [4.78, 5) is 13.0. The average Bonchev–Trinajstić information content (AvgIpc) is 3.16. The Balaban J connectivity index is 1.74. The number of hydrogen-bond acceptors (Lipinski definition) is 7. The third-order valence-electron chi connectivity index (χ3n) is 3.87. The standard InChI is InChI=1S/C20H22N4O2S2/c1-14-8-10-16(11-9-14)22-18(25)17(15-6-4-3-5-7-15)27-20-24-23-19(28-20)21-12-13-26-2/h3-11,17H,12-13H2,1-2H3,(H,21,23)(H,22,25)/t17-/m0/s1. The average molecular weight is 415 g/mol. The normalized spacial score (nSPS) is 11.8. The summed E-state index contributed by atoms with van der Waals surface area (Å²) in [6.07, 6.45) is 0. The summed E-state index contributed by atoms with van der Waals surface area (Å²) in [6, 6.07) is 17.5. The van der Waals surface area contributed by atoms with Gasteiger partial charge in [-0.3, -0.25) is 4.79 Å². The number of methoxy groups -OCH3 is 1. The van der Waals surface area contributed by atoms with Gasteiger partial charge in [0.05, 0.1) is 6.61 Å². The van der Waals surface area contributed by atoms with Crippen LogP contribution in [0.5, 0.6) is 0 Å². The maximum absolute atomic E-state index is 13.0. The number of nitrogens with one attached hydrogen (secondary N) is 2. The van der Waals surface area contributed by atoms with Crippen molar-refractivity contribution >= 4 is 39.8 Å². The maximum Gasteiger partial charge on any atom is 0.242 e. The first-order valence-electron chi connectivity index (χ1n) is 8.81. The van der Waals surface area contributed by atoms with Crippen LogP contribution in [0.2, 0.25) is 0 Å². The van der Waals surface area contributed by atoms with Crippen molar-refractivity contribution in [2.24, 2.45) is 0 Å². The van der Waals surface area contributed by atoms with E-state index in [0.717, 1.165) is 21.2 Å². The number of aryl methyl sites for hydroxylation is 1. The summed E-state index contributed by atoms with van der Waals surface area (Å²) in [7, 11) is 1.65. The van der Waals surface area contributed by atoms with E-state index in [0.29, 0.717) is 18.3 Å². The zero-order valence-corrected chi connectivity index (χ0v) is 17.3. The summed E-state index contributed by atoms with van der Waals surface area (Å²) in [5, 5.41) is 14.8. The molecule has 0 saturated heterocycles. The molecule has 1 aromatic heterocycles. The van der Waals surface area contributed by atoms with E-state index in [1.165, 1.54) is 23.1 Å². The molecule has 8 heteroatoms. The number of benzene rings is 2. The number of anilines is 2. The van der Waals surface area contributed by atoms with Crippen molar-refractivity contribution in [2.75, 3.05) is 30.9 Å². The SMILES string of the molecule is COCCNc1nnc(S[C@H](C(=O)Nc2ccc(C)cc2)c2ccccc2)s1. The van der Waals surface area contributed by atoms with E-state index in [2.05, 4.69) is 20.8 Å². The van der Waals surface area contributed by atoms with E-state index < -0.39 is 5.25 Å². The highest BCUT2D eigenvalue weighted by atomic mass is 32.2. The van der Waals surface area contributed by atoms with E-state index in [9.17, 15) is 4.79 Å². The minimum Gasteiger partial charge on any atom is -0.383 e. The molecular weight excluding hydrogens is 392 g/mol. The van der Waals surface area contributed by atoms with Crippen molar-refractivity contribution in [3.63, 3.8) is 0 Å². The lowest BCUT2D eigenvalue weighted by Gasteiger charge is -2.15. The van der Waals surface area contributed by atoms with Crippen LogP contribution < -0.4 is 10.6 Å². The number of amides is 1. The maximum atomic E-state index is 13.0. The minimum atomic E-state index is -0.428. The number of aromatic nitrogens is 2. The Morgan fingerprint density at radius 3 is 2.61 bits per heavy atom. The molecule has 0 radical (unpaired) electrons. The van der Waals surface area contributed by atoms with E-state index in [-0.39, 0.29) is 5.91 Å². The predicted octanol–water partition coefficient (Wildman–Crippen LogP) is 4.38. The van der Waals surface area contributed by atoms with Gasteiger partial charge in [-0.15, -0.1) is 10.2 Å². The lowest BCUT2D eigenvalue weighted by atomic mass is 10.1. The Kier molecular flexibility index (Phi) is 7.41. The highest BCUT2D eigenvalue weighted by molar-refractivity contribution is 8.02. The molecule has 0 aliphatic rings. The minimum absolute atomic E-state index is 0.0934. The Morgan fingerprint density at radius 2 is 1.89 bits per heavy atom. The Labute approximate surface area is 172 Å². The fourth-order valence-corrected chi connectivity index (χ4v) is 4.40. The molecule has 2 N–H and O–H groups in total. The molecule has 3 aromatic rings. The molecule has 0 fully saturated rings. The zero-order valence-electron chi connectivity index (χ0n) is 15.7. The van der Waals surface area contributed by atoms with Crippen molar-refractivity contribution in [2.45, 2.75) is 16.5 Å². The molecule has 1 heterocycles. The fourth-order valence-electron chi connectivity index (χ4n) is 2.44. The van der Waals surface area contributed by atoms with Crippen LogP contribution in [0.4, 0.5) is 10.8 Å². The third kappa shape index (κ3) is 5.79. The van der Waals surface area contributed by atoms with Crippen LogP contribution in [0.1, 0.15) is 16.4 Å². The van der Waals surface area contributed by atoms with Crippen molar-refractivity contribution < 1.29 is 9.53 Å². The van der Waals surface area contributed by atoms with Gasteiger partial charge in [0, 0.05) is 19.3 Å². The first kappa shape index (κ1) is 20.3. The second-order valence-corrected chi connectivity index (χ2v) is 8.39. The van der Waals surface area contributed by atoms with Crippen molar-refractivity contribution in [3.05, 3.63) is 65.7 Å². The molecule has 3 rings (SSSR count). The lowest BCUT2D eigenvalue weighted by molar-refractivity contribution is -0.115. The van der Waals surface area contributed by atoms with Gasteiger partial charge in [-0.05, 0) is 24.6 Å². The molecule has 0 spiro atoms. The van der Waals surface area contributed by atoms with Gasteiger partial charge in [0.15, 0.2) is 4.34 Å². The lowest BCUT2D eigenvalue weighted by Crippen LogP contribution is -2.19. The summed E-state index contributed by atoms with van der Waals surface area (Å²) < 4.78 is 5.75. The molecular formula is C20H22N4O2S2. The van der Waals surface area contributed by atoms with Gasteiger partial charge in [-0.2, -0.15) is 0 Å². The van der Waals surface area contributed by atoms with Gasteiger partial charge in [0.1, 0.15) is 5.25 Å². The van der Waals surface area contributed by atoms with Crippen molar-refractivity contribution in [1.29, 1.82) is 0 Å². The number of thioether (sulfide) groups is 1. The third-order valence-corrected chi connectivity index (χ3v) is 6.09. The molecule has 28 heavy (non-hydrogen) atoms. The van der Waals surface area contributed by atoms with Crippen molar-refractivity contribution in [3.8, 4) is 0 Å². The highest BCUT2D eigenvalue weighted by Gasteiger charge is 2.24. The van der Waals surface area contributed by atoms with Crippen LogP contribution in [0, 0.1) is 6.92 Å². The monoisotopic (exact) mass is 414 g/mol. The summed E-state index contributed by atoms with van der Waals surface area (Å²) in [5.41, 5.74) is 2.84. The van der Waals surface area contributed by atoms with Crippen molar-refractivity contribution in [1.82, 2.24) is 10.2 Å². The number of rotatable bonds is 9. The number of nitrogens with zero attached hydrogens (tertiary/aromatic N) is 2. The van der Waals surface area contributed by atoms with Gasteiger partial charge in [-0.1, -0.05) is 71.1 Å². The van der Waals surface area contributed by atoms with Gasteiger partial charge < -0.3 is 15.4 Å².